The molecule has 0 aliphatic heterocycles. The van der Waals surface area contributed by atoms with Crippen LogP contribution in [-0.2, 0) is 16.1 Å². The van der Waals surface area contributed by atoms with E-state index >= 15 is 0 Å². The SMILES string of the molecule is COCc1cccc(NC(=O)NCCC(O)C(=O)O)c1. The standard InChI is InChI=1S/C13H18N2O5/c1-20-8-9-3-2-4-10(7-9)15-13(19)14-6-5-11(16)12(17)18/h2-4,7,11,16H,5-6,8H2,1H3,(H,17,18)(H2,14,15,19). The second-order valence-electron chi connectivity index (χ2n) is 4.16. The second-order valence-corrected chi connectivity index (χ2v) is 4.16. The summed E-state index contributed by atoms with van der Waals surface area (Å²) in [6, 6.07) is 6.70. The lowest BCUT2D eigenvalue weighted by Crippen LogP contribution is -2.33. The molecule has 0 fully saturated rings. The molecular formula is C13H18N2O5. The number of urea groups is 1. The van der Waals surface area contributed by atoms with Gasteiger partial charge in [0.15, 0.2) is 6.10 Å². The summed E-state index contributed by atoms with van der Waals surface area (Å²) in [6.45, 7) is 0.513. The van der Waals surface area contributed by atoms with Gasteiger partial charge in [-0.15, -0.1) is 0 Å². The van der Waals surface area contributed by atoms with Crippen LogP contribution in [0, 0.1) is 0 Å². The maximum absolute atomic E-state index is 11.6. The van der Waals surface area contributed by atoms with Crippen LogP contribution < -0.4 is 10.6 Å². The largest absolute Gasteiger partial charge is 0.479 e. The number of methoxy groups -OCH3 is 1. The predicted molar refractivity (Wildman–Crippen MR) is 72.4 cm³/mol. The smallest absolute Gasteiger partial charge is 0.332 e. The van der Waals surface area contributed by atoms with Gasteiger partial charge in [0, 0.05) is 25.8 Å². The molecule has 7 nitrogen and oxygen atoms in total. The van der Waals surface area contributed by atoms with E-state index in [1.807, 2.05) is 6.07 Å². The van der Waals surface area contributed by atoms with Crippen molar-refractivity contribution < 1.29 is 24.5 Å². The maximum atomic E-state index is 11.6. The predicted octanol–water partition coefficient (Wildman–Crippen LogP) is 0.790. The minimum absolute atomic E-state index is 0.0491. The summed E-state index contributed by atoms with van der Waals surface area (Å²) in [5.41, 5.74) is 1.53. The Morgan fingerprint density at radius 1 is 1.40 bits per heavy atom. The molecule has 0 aromatic heterocycles. The zero-order valence-electron chi connectivity index (χ0n) is 11.1. The van der Waals surface area contributed by atoms with Crippen molar-refractivity contribution in [3.05, 3.63) is 29.8 Å². The number of hydrogen-bond donors (Lipinski definition) is 4. The molecule has 1 unspecified atom stereocenters. The third kappa shape index (κ3) is 5.68. The number of carbonyl (C=O) groups is 2. The van der Waals surface area contributed by atoms with Gasteiger partial charge in [-0.1, -0.05) is 12.1 Å². The molecular weight excluding hydrogens is 264 g/mol. The quantitative estimate of drug-likeness (QED) is 0.591. The van der Waals surface area contributed by atoms with Crippen LogP contribution in [-0.4, -0.2) is 42.0 Å². The molecule has 0 aliphatic rings. The van der Waals surface area contributed by atoms with Crippen LogP contribution in [0.3, 0.4) is 0 Å². The molecule has 1 aromatic rings. The van der Waals surface area contributed by atoms with Gasteiger partial charge in [-0.2, -0.15) is 0 Å². The van der Waals surface area contributed by atoms with Gasteiger partial charge >= 0.3 is 12.0 Å². The molecule has 4 N–H and O–H groups in total. The molecule has 0 saturated heterocycles. The number of carboxylic acid groups (broad SMARTS) is 1. The monoisotopic (exact) mass is 282 g/mol. The number of aliphatic hydroxyl groups is 1. The molecule has 0 aliphatic carbocycles. The van der Waals surface area contributed by atoms with E-state index in [2.05, 4.69) is 10.6 Å². The molecule has 110 valence electrons. The molecule has 1 rings (SSSR count). The average molecular weight is 282 g/mol. The van der Waals surface area contributed by atoms with Crippen LogP contribution in [0.1, 0.15) is 12.0 Å². The highest BCUT2D eigenvalue weighted by Crippen LogP contribution is 2.11. The van der Waals surface area contributed by atoms with Crippen LogP contribution in [0.2, 0.25) is 0 Å². The number of rotatable bonds is 7. The Kier molecular flexibility index (Phi) is 6.48. The molecule has 0 spiro atoms. The van der Waals surface area contributed by atoms with E-state index in [-0.39, 0.29) is 13.0 Å². The summed E-state index contributed by atoms with van der Waals surface area (Å²) in [6.07, 6.45) is -1.52. The summed E-state index contributed by atoms with van der Waals surface area (Å²) in [7, 11) is 1.58. The highest BCUT2D eigenvalue weighted by Gasteiger charge is 2.12. The minimum atomic E-state index is -1.47. The topological polar surface area (TPSA) is 108 Å². The van der Waals surface area contributed by atoms with E-state index in [1.165, 1.54) is 0 Å². The second kappa shape index (κ2) is 8.13. The lowest BCUT2D eigenvalue weighted by atomic mass is 10.2. The Balaban J connectivity index is 2.38. The van der Waals surface area contributed by atoms with E-state index in [4.69, 9.17) is 14.9 Å². The van der Waals surface area contributed by atoms with Gasteiger partial charge in [-0.25, -0.2) is 9.59 Å². The first-order valence-corrected chi connectivity index (χ1v) is 6.06. The third-order valence-electron chi connectivity index (χ3n) is 2.48. The number of aliphatic carboxylic acids is 1. The lowest BCUT2D eigenvalue weighted by molar-refractivity contribution is -0.146. The normalized spacial score (nSPS) is 11.7. The van der Waals surface area contributed by atoms with Crippen LogP contribution in [0.25, 0.3) is 0 Å². The van der Waals surface area contributed by atoms with E-state index in [1.54, 1.807) is 25.3 Å². The van der Waals surface area contributed by atoms with Gasteiger partial charge in [-0.05, 0) is 17.7 Å². The fourth-order valence-corrected chi connectivity index (χ4v) is 1.53. The molecule has 0 bridgehead atoms. The van der Waals surface area contributed by atoms with Gasteiger partial charge in [-0.3, -0.25) is 0 Å². The minimum Gasteiger partial charge on any atom is -0.479 e. The van der Waals surface area contributed by atoms with Gasteiger partial charge in [0.1, 0.15) is 0 Å². The molecule has 2 amide bonds. The fraction of sp³-hybridized carbons (Fsp3) is 0.385. The van der Waals surface area contributed by atoms with Crippen LogP contribution in [0.4, 0.5) is 10.5 Å². The van der Waals surface area contributed by atoms with Crippen molar-refractivity contribution in [2.24, 2.45) is 0 Å². The highest BCUT2D eigenvalue weighted by atomic mass is 16.5. The summed E-state index contributed by atoms with van der Waals surface area (Å²) in [5.74, 6) is -1.31. The van der Waals surface area contributed by atoms with E-state index < -0.39 is 18.1 Å². The summed E-state index contributed by atoms with van der Waals surface area (Å²) < 4.78 is 4.99. The van der Waals surface area contributed by atoms with E-state index in [9.17, 15) is 9.59 Å². The van der Waals surface area contributed by atoms with E-state index in [0.29, 0.717) is 12.3 Å². The summed E-state index contributed by atoms with van der Waals surface area (Å²) in [5, 5.41) is 22.6. The number of nitrogens with one attached hydrogen (secondary N) is 2. The van der Waals surface area contributed by atoms with E-state index in [0.717, 1.165) is 5.56 Å². The van der Waals surface area contributed by atoms with Crippen molar-refractivity contribution >= 4 is 17.7 Å². The fourth-order valence-electron chi connectivity index (χ4n) is 1.53. The molecule has 20 heavy (non-hydrogen) atoms. The summed E-state index contributed by atoms with van der Waals surface area (Å²) >= 11 is 0. The number of carboxylic acids is 1. The Labute approximate surface area is 116 Å². The Bertz CT molecular complexity index is 464. The Morgan fingerprint density at radius 2 is 2.15 bits per heavy atom. The van der Waals surface area contributed by atoms with Gasteiger partial charge in [0.05, 0.1) is 6.61 Å². The molecule has 1 aromatic carbocycles. The van der Waals surface area contributed by atoms with Crippen LogP contribution in [0.15, 0.2) is 24.3 Å². The first-order chi connectivity index (χ1) is 9.52. The molecule has 0 heterocycles. The van der Waals surface area contributed by atoms with Gasteiger partial charge in [0.25, 0.3) is 0 Å². The summed E-state index contributed by atoms with van der Waals surface area (Å²) in [4.78, 5) is 21.9. The van der Waals surface area contributed by atoms with Crippen molar-refractivity contribution in [2.75, 3.05) is 19.0 Å². The molecule has 0 saturated carbocycles. The first-order valence-electron chi connectivity index (χ1n) is 6.06. The molecule has 7 heteroatoms. The Hall–Kier alpha value is -2.12. The zero-order chi connectivity index (χ0) is 15.0. The van der Waals surface area contributed by atoms with Gasteiger partial charge in [0.2, 0.25) is 0 Å². The molecule has 0 radical (unpaired) electrons. The number of benzene rings is 1. The number of anilines is 1. The van der Waals surface area contributed by atoms with Crippen molar-refractivity contribution in [2.45, 2.75) is 19.1 Å². The van der Waals surface area contributed by atoms with Crippen LogP contribution in [0.5, 0.6) is 0 Å². The number of carbonyl (C=O) groups excluding carboxylic acids is 1. The number of hydrogen-bond acceptors (Lipinski definition) is 4. The van der Waals surface area contributed by atoms with Crippen LogP contribution >= 0.6 is 0 Å². The number of aliphatic hydroxyl groups excluding tert-OH is 1. The maximum Gasteiger partial charge on any atom is 0.332 e. The third-order valence-corrected chi connectivity index (χ3v) is 2.48. The van der Waals surface area contributed by atoms with Crippen molar-refractivity contribution in [1.29, 1.82) is 0 Å². The van der Waals surface area contributed by atoms with Crippen molar-refractivity contribution in [3.8, 4) is 0 Å². The first kappa shape index (κ1) is 15.9. The van der Waals surface area contributed by atoms with Gasteiger partial charge < -0.3 is 25.6 Å². The number of amides is 2. The number of ether oxygens (including phenoxy) is 1. The zero-order valence-corrected chi connectivity index (χ0v) is 11.1. The van der Waals surface area contributed by atoms with Crippen molar-refractivity contribution in [1.82, 2.24) is 5.32 Å². The lowest BCUT2D eigenvalue weighted by Gasteiger charge is -2.10. The highest BCUT2D eigenvalue weighted by molar-refractivity contribution is 5.89. The average Bonchev–Trinajstić information content (AvgIpc) is 2.39. The Morgan fingerprint density at radius 3 is 2.80 bits per heavy atom. The molecule has 1 atom stereocenters. The van der Waals surface area contributed by atoms with Crippen molar-refractivity contribution in [3.63, 3.8) is 0 Å².